The van der Waals surface area contributed by atoms with Crippen molar-refractivity contribution in [3.63, 3.8) is 0 Å². The van der Waals surface area contributed by atoms with Crippen LogP contribution in [-0.4, -0.2) is 60.1 Å². The van der Waals surface area contributed by atoms with E-state index in [1.54, 1.807) is 52.1 Å². The molecule has 1 aliphatic rings. The van der Waals surface area contributed by atoms with Crippen LogP contribution in [0.25, 0.3) is 0 Å². The maximum Gasteiger partial charge on any atom is 0.237 e. The van der Waals surface area contributed by atoms with Crippen molar-refractivity contribution in [1.82, 2.24) is 14.9 Å². The molecule has 0 aliphatic carbocycles. The second-order valence-electron chi connectivity index (χ2n) is 10.3. The summed E-state index contributed by atoms with van der Waals surface area (Å²) in [6.45, 7) is 11.5. The van der Waals surface area contributed by atoms with E-state index in [1.165, 1.54) is 0 Å². The molecule has 3 N–H and O–H groups in total. The summed E-state index contributed by atoms with van der Waals surface area (Å²) in [5.41, 5.74) is 3.97. The normalized spacial score (nSPS) is 14.2. The second-order valence-corrected chi connectivity index (χ2v) is 12.7. The largest absolute Gasteiger partial charge is 0.368 e. The van der Waals surface area contributed by atoms with E-state index in [-0.39, 0.29) is 5.91 Å². The maximum absolute atomic E-state index is 12.5. The molecular weight excluding hydrogens is 502 g/mol. The van der Waals surface area contributed by atoms with E-state index in [0.717, 1.165) is 43.1 Å². The molecule has 0 bridgehead atoms. The van der Waals surface area contributed by atoms with Crippen LogP contribution in [0.1, 0.15) is 33.3 Å². The van der Waals surface area contributed by atoms with E-state index >= 15 is 0 Å². The molecule has 2 aromatic carbocycles. The molecule has 1 fully saturated rings. The molecule has 2 heterocycles. The highest BCUT2D eigenvalue weighted by Crippen LogP contribution is 2.26. The van der Waals surface area contributed by atoms with E-state index in [0.29, 0.717) is 23.1 Å². The van der Waals surface area contributed by atoms with Gasteiger partial charge in [0.2, 0.25) is 21.9 Å². The molecule has 1 aliphatic heterocycles. The average molecular weight is 538 g/mol. The lowest BCUT2D eigenvalue weighted by atomic mass is 10.2. The number of nitrogens with zero attached hydrogens (tertiary/aromatic N) is 4. The standard InChI is InChI=1S/C27H35N7O3S/c1-19-18-28-26(30-21-9-11-24(12-10-21)34-15-13-33(14-16-34)20(2)35)31-25(19)29-22-7-6-8-23(17-22)32-38(36,37)27(3,4)5/h6-12,17-18,32H,13-16H2,1-5H3,(H2,28,29,30,31). The number of carbonyl (C=O) groups excluding carboxylic acids is 1. The molecule has 0 spiro atoms. The van der Waals surface area contributed by atoms with Crippen LogP contribution in [0.2, 0.25) is 0 Å². The van der Waals surface area contributed by atoms with Gasteiger partial charge in [-0.15, -0.1) is 0 Å². The molecule has 3 aromatic rings. The first-order valence-corrected chi connectivity index (χ1v) is 14.0. The minimum absolute atomic E-state index is 0.119. The molecule has 11 heteroatoms. The Morgan fingerprint density at radius 2 is 1.58 bits per heavy atom. The number of nitrogens with one attached hydrogen (secondary N) is 3. The molecule has 0 radical (unpaired) electrons. The van der Waals surface area contributed by atoms with Crippen LogP contribution in [0.5, 0.6) is 0 Å². The fourth-order valence-corrected chi connectivity index (χ4v) is 4.64. The van der Waals surface area contributed by atoms with Crippen molar-refractivity contribution >= 4 is 50.4 Å². The number of aryl methyl sites for hydroxylation is 1. The SMILES string of the molecule is CC(=O)N1CCN(c2ccc(Nc3ncc(C)c(Nc4cccc(NS(=O)(=O)C(C)(C)C)c4)n3)cc2)CC1. The number of hydrogen-bond donors (Lipinski definition) is 3. The van der Waals surface area contributed by atoms with Crippen LogP contribution in [0.3, 0.4) is 0 Å². The van der Waals surface area contributed by atoms with Crippen molar-refractivity contribution in [1.29, 1.82) is 0 Å². The van der Waals surface area contributed by atoms with Crippen molar-refractivity contribution in [3.05, 3.63) is 60.3 Å². The van der Waals surface area contributed by atoms with E-state index < -0.39 is 14.8 Å². The van der Waals surface area contributed by atoms with Crippen molar-refractivity contribution in [2.45, 2.75) is 39.4 Å². The van der Waals surface area contributed by atoms with Crippen LogP contribution in [0, 0.1) is 6.92 Å². The van der Waals surface area contributed by atoms with Gasteiger partial charge in [-0.1, -0.05) is 6.07 Å². The molecule has 0 unspecified atom stereocenters. The molecule has 1 aromatic heterocycles. The third-order valence-corrected chi connectivity index (χ3v) is 8.49. The lowest BCUT2D eigenvalue weighted by Crippen LogP contribution is -2.48. The minimum Gasteiger partial charge on any atom is -0.368 e. The zero-order valence-corrected chi connectivity index (χ0v) is 23.3. The molecule has 4 rings (SSSR count). The van der Waals surface area contributed by atoms with Crippen molar-refractivity contribution in [3.8, 4) is 0 Å². The van der Waals surface area contributed by atoms with Crippen LogP contribution < -0.4 is 20.3 Å². The van der Waals surface area contributed by atoms with Crippen molar-refractivity contribution in [2.75, 3.05) is 46.4 Å². The molecule has 10 nitrogen and oxygen atoms in total. The Balaban J connectivity index is 1.42. The fourth-order valence-electron chi connectivity index (χ4n) is 3.90. The molecule has 0 atom stereocenters. The Hall–Kier alpha value is -3.86. The number of hydrogen-bond acceptors (Lipinski definition) is 8. The number of benzene rings is 2. The van der Waals surface area contributed by atoms with Gasteiger partial charge in [-0.05, 0) is 70.2 Å². The Kier molecular flexibility index (Phi) is 7.77. The third kappa shape index (κ3) is 6.52. The first-order valence-electron chi connectivity index (χ1n) is 12.5. The highest BCUT2D eigenvalue weighted by Gasteiger charge is 2.29. The summed E-state index contributed by atoms with van der Waals surface area (Å²) in [7, 11) is -3.54. The Labute approximate surface area is 224 Å². The Morgan fingerprint density at radius 1 is 0.921 bits per heavy atom. The van der Waals surface area contributed by atoms with E-state index in [1.807, 2.05) is 42.2 Å². The van der Waals surface area contributed by atoms with Crippen LogP contribution in [0.4, 0.5) is 34.5 Å². The predicted molar refractivity (Wildman–Crippen MR) is 153 cm³/mol. The molecule has 38 heavy (non-hydrogen) atoms. The van der Waals surface area contributed by atoms with Crippen LogP contribution in [0.15, 0.2) is 54.7 Å². The van der Waals surface area contributed by atoms with Crippen LogP contribution >= 0.6 is 0 Å². The quantitative estimate of drug-likeness (QED) is 0.404. The van der Waals surface area contributed by atoms with Gasteiger partial charge >= 0.3 is 0 Å². The van der Waals surface area contributed by atoms with E-state index in [9.17, 15) is 13.2 Å². The van der Waals surface area contributed by atoms with Crippen molar-refractivity contribution < 1.29 is 13.2 Å². The summed E-state index contributed by atoms with van der Waals surface area (Å²) < 4.78 is 26.8. The molecule has 1 saturated heterocycles. The number of anilines is 6. The molecule has 202 valence electrons. The van der Waals surface area contributed by atoms with Gasteiger partial charge in [-0.3, -0.25) is 9.52 Å². The predicted octanol–water partition coefficient (Wildman–Crippen LogP) is 4.48. The fraction of sp³-hybridized carbons (Fsp3) is 0.370. The number of rotatable bonds is 7. The Bertz CT molecular complexity index is 1390. The lowest BCUT2D eigenvalue weighted by Gasteiger charge is -2.35. The maximum atomic E-state index is 12.5. The summed E-state index contributed by atoms with van der Waals surface area (Å²) in [4.78, 5) is 24.7. The van der Waals surface area contributed by atoms with Crippen molar-refractivity contribution in [2.24, 2.45) is 0 Å². The second kappa shape index (κ2) is 10.9. The van der Waals surface area contributed by atoms with Gasteiger partial charge in [0.1, 0.15) is 5.82 Å². The molecular formula is C27H35N7O3S. The number of sulfonamides is 1. The third-order valence-electron chi connectivity index (χ3n) is 6.37. The first-order chi connectivity index (χ1) is 17.9. The van der Waals surface area contributed by atoms with E-state index in [2.05, 4.69) is 30.2 Å². The summed E-state index contributed by atoms with van der Waals surface area (Å²) in [6, 6.07) is 15.1. The highest BCUT2D eigenvalue weighted by molar-refractivity contribution is 7.94. The zero-order chi connectivity index (χ0) is 27.5. The zero-order valence-electron chi connectivity index (χ0n) is 22.4. The summed E-state index contributed by atoms with van der Waals surface area (Å²) in [5, 5.41) is 6.51. The van der Waals surface area contributed by atoms with Gasteiger partial charge < -0.3 is 20.4 Å². The summed E-state index contributed by atoms with van der Waals surface area (Å²) >= 11 is 0. The average Bonchev–Trinajstić information content (AvgIpc) is 2.86. The highest BCUT2D eigenvalue weighted by atomic mass is 32.2. The van der Waals surface area contributed by atoms with Gasteiger partial charge in [-0.2, -0.15) is 4.98 Å². The summed E-state index contributed by atoms with van der Waals surface area (Å²) in [6.07, 6.45) is 1.73. The van der Waals surface area contributed by atoms with Gasteiger partial charge in [0, 0.05) is 61.9 Å². The smallest absolute Gasteiger partial charge is 0.237 e. The number of aromatic nitrogens is 2. The topological polar surface area (TPSA) is 120 Å². The number of piperazine rings is 1. The number of amides is 1. The number of carbonyl (C=O) groups is 1. The molecule has 1 amide bonds. The Morgan fingerprint density at radius 3 is 2.21 bits per heavy atom. The minimum atomic E-state index is -3.54. The van der Waals surface area contributed by atoms with Gasteiger partial charge in [0.25, 0.3) is 0 Å². The van der Waals surface area contributed by atoms with Gasteiger partial charge in [0.15, 0.2) is 0 Å². The monoisotopic (exact) mass is 537 g/mol. The van der Waals surface area contributed by atoms with E-state index in [4.69, 9.17) is 0 Å². The first kappa shape index (κ1) is 27.2. The molecule has 0 saturated carbocycles. The summed E-state index contributed by atoms with van der Waals surface area (Å²) in [5.74, 6) is 1.16. The van der Waals surface area contributed by atoms with Crippen LogP contribution in [-0.2, 0) is 14.8 Å². The van der Waals surface area contributed by atoms with Gasteiger partial charge in [-0.25, -0.2) is 13.4 Å². The lowest BCUT2D eigenvalue weighted by molar-refractivity contribution is -0.129. The van der Waals surface area contributed by atoms with Gasteiger partial charge in [0.05, 0.1) is 10.4 Å².